The highest BCUT2D eigenvalue weighted by molar-refractivity contribution is 7.98. The van der Waals surface area contributed by atoms with E-state index in [1.807, 2.05) is 6.26 Å². The highest BCUT2D eigenvalue weighted by Crippen LogP contribution is 2.25. The predicted octanol–water partition coefficient (Wildman–Crippen LogP) is 3.99. The first-order valence-electron chi connectivity index (χ1n) is 8.77. The number of benzene rings is 2. The van der Waals surface area contributed by atoms with Crippen LogP contribution < -0.4 is 15.4 Å². The summed E-state index contributed by atoms with van der Waals surface area (Å²) in [6, 6.07) is 9.59. The Bertz CT molecular complexity index is 1030. The second-order valence-electron chi connectivity index (χ2n) is 6.28. The van der Waals surface area contributed by atoms with Crippen molar-refractivity contribution in [3.8, 4) is 0 Å². The lowest BCUT2D eigenvalue weighted by atomic mass is 10.2. The fourth-order valence-corrected chi connectivity index (χ4v) is 4.98. The van der Waals surface area contributed by atoms with Gasteiger partial charge in [-0.3, -0.25) is 9.59 Å². The average Bonchev–Trinajstić information content (AvgIpc) is 2.66. The van der Waals surface area contributed by atoms with Gasteiger partial charge in [-0.15, -0.1) is 0 Å². The lowest BCUT2D eigenvalue weighted by Gasteiger charge is -2.19. The summed E-state index contributed by atoms with van der Waals surface area (Å²) in [7, 11) is -4.10. The van der Waals surface area contributed by atoms with Crippen LogP contribution in [0.4, 0.5) is 11.4 Å². The minimum atomic E-state index is -4.10. The number of hydrogen-bond acceptors (Lipinski definition) is 5. The minimum Gasteiger partial charge on any atom is -0.326 e. The zero-order valence-corrected chi connectivity index (χ0v) is 19.4. The van der Waals surface area contributed by atoms with E-state index in [1.165, 1.54) is 36.9 Å². The van der Waals surface area contributed by atoms with Crippen LogP contribution in [0.5, 0.6) is 0 Å². The fourth-order valence-electron chi connectivity index (χ4n) is 2.52. The molecule has 162 valence electrons. The molecular weight excluding hydrogens is 469 g/mol. The van der Waals surface area contributed by atoms with Crippen LogP contribution >= 0.6 is 35.0 Å². The van der Waals surface area contributed by atoms with Gasteiger partial charge in [0.2, 0.25) is 21.8 Å². The lowest BCUT2D eigenvalue weighted by molar-refractivity contribution is -0.117. The third-order valence-corrected chi connectivity index (χ3v) is 6.69. The average molecular weight is 490 g/mol. The molecule has 0 saturated carbocycles. The largest absolute Gasteiger partial charge is 0.326 e. The molecular formula is C19H21Cl2N3O4S2. The number of nitrogens with one attached hydrogen (secondary N) is 3. The van der Waals surface area contributed by atoms with Gasteiger partial charge in [0, 0.05) is 23.3 Å². The summed E-state index contributed by atoms with van der Waals surface area (Å²) in [5.74, 6) is -0.233. The van der Waals surface area contributed by atoms with E-state index in [9.17, 15) is 18.0 Å². The zero-order chi connectivity index (χ0) is 22.3. The topological polar surface area (TPSA) is 104 Å². The van der Waals surface area contributed by atoms with Crippen LogP contribution in [0.3, 0.4) is 0 Å². The molecule has 11 heteroatoms. The Morgan fingerprint density at radius 3 is 2.37 bits per heavy atom. The van der Waals surface area contributed by atoms with Crippen LogP contribution in [-0.2, 0) is 19.6 Å². The zero-order valence-electron chi connectivity index (χ0n) is 16.2. The number of halogens is 2. The molecule has 0 aliphatic carbocycles. The Labute approximate surface area is 190 Å². The summed E-state index contributed by atoms with van der Waals surface area (Å²) in [6.07, 6.45) is 2.12. The second kappa shape index (κ2) is 11.0. The van der Waals surface area contributed by atoms with Gasteiger partial charge in [-0.05, 0) is 54.8 Å². The molecule has 3 N–H and O–H groups in total. The number of hydrogen-bond donors (Lipinski definition) is 3. The fraction of sp³-hybridized carbons (Fsp3) is 0.263. The minimum absolute atomic E-state index is 0.000988. The molecule has 0 bridgehead atoms. The highest BCUT2D eigenvalue weighted by Gasteiger charge is 2.27. The van der Waals surface area contributed by atoms with Gasteiger partial charge in [0.15, 0.2) is 0 Å². The van der Waals surface area contributed by atoms with Gasteiger partial charge in [-0.1, -0.05) is 29.3 Å². The van der Waals surface area contributed by atoms with Crippen LogP contribution in [-0.4, -0.2) is 38.3 Å². The summed E-state index contributed by atoms with van der Waals surface area (Å²) in [5, 5.41) is 5.51. The third kappa shape index (κ3) is 7.17. The molecule has 2 aromatic carbocycles. The number of anilines is 2. The van der Waals surface area contributed by atoms with Crippen molar-refractivity contribution in [2.75, 3.05) is 22.6 Å². The summed E-state index contributed by atoms with van der Waals surface area (Å²) < 4.78 is 28.1. The van der Waals surface area contributed by atoms with Gasteiger partial charge >= 0.3 is 0 Å². The molecule has 1 atom stereocenters. The van der Waals surface area contributed by atoms with Crippen molar-refractivity contribution in [2.24, 2.45) is 0 Å². The standard InChI is InChI=1S/C19H21Cl2N3O4S2/c1-12(25)22-14-4-3-5-15(11-14)23-19(26)17(8-9-29-2)24-30(27,28)18-10-13(20)6-7-16(18)21/h3-7,10-11,17,24H,8-9H2,1-2H3,(H,22,25)(H,23,26). The summed E-state index contributed by atoms with van der Waals surface area (Å²) in [4.78, 5) is 23.8. The molecule has 0 aliphatic rings. The van der Waals surface area contributed by atoms with E-state index < -0.39 is 22.0 Å². The maximum Gasteiger partial charge on any atom is 0.242 e. The van der Waals surface area contributed by atoms with Crippen molar-refractivity contribution in [1.82, 2.24) is 4.72 Å². The number of carbonyl (C=O) groups is 2. The quantitative estimate of drug-likeness (QED) is 0.493. The Morgan fingerprint density at radius 1 is 1.07 bits per heavy atom. The molecule has 0 saturated heterocycles. The first-order chi connectivity index (χ1) is 14.1. The summed E-state index contributed by atoms with van der Waals surface area (Å²) >= 11 is 13.4. The van der Waals surface area contributed by atoms with Gasteiger partial charge < -0.3 is 10.6 Å². The van der Waals surface area contributed by atoms with Crippen LogP contribution in [0.2, 0.25) is 10.0 Å². The van der Waals surface area contributed by atoms with Gasteiger partial charge in [-0.25, -0.2) is 8.42 Å². The third-order valence-electron chi connectivity index (χ3n) is 3.86. The normalized spacial score (nSPS) is 12.3. The van der Waals surface area contributed by atoms with E-state index in [0.717, 1.165) is 0 Å². The molecule has 0 aromatic heterocycles. The molecule has 7 nitrogen and oxygen atoms in total. The van der Waals surface area contributed by atoms with Gasteiger partial charge in [0.05, 0.1) is 5.02 Å². The Balaban J connectivity index is 2.23. The maximum atomic E-state index is 12.8. The molecule has 0 aliphatic heterocycles. The van der Waals surface area contributed by atoms with E-state index in [-0.39, 0.29) is 27.3 Å². The van der Waals surface area contributed by atoms with E-state index >= 15 is 0 Å². The maximum absolute atomic E-state index is 12.8. The number of carbonyl (C=O) groups excluding carboxylic acids is 2. The van der Waals surface area contributed by atoms with Gasteiger partial charge in [0.25, 0.3) is 0 Å². The predicted molar refractivity (Wildman–Crippen MR) is 123 cm³/mol. The molecule has 0 heterocycles. The van der Waals surface area contributed by atoms with Crippen LogP contribution in [0.25, 0.3) is 0 Å². The van der Waals surface area contributed by atoms with E-state index in [2.05, 4.69) is 15.4 Å². The Morgan fingerprint density at radius 2 is 1.73 bits per heavy atom. The smallest absolute Gasteiger partial charge is 0.242 e. The Hall–Kier alpha value is -1.78. The van der Waals surface area contributed by atoms with E-state index in [1.54, 1.807) is 24.3 Å². The van der Waals surface area contributed by atoms with Crippen molar-refractivity contribution in [3.05, 3.63) is 52.5 Å². The molecule has 2 amide bonds. The molecule has 0 fully saturated rings. The number of rotatable bonds is 9. The first kappa shape index (κ1) is 24.5. The SMILES string of the molecule is CSCCC(NS(=O)(=O)c1cc(Cl)ccc1Cl)C(=O)Nc1cccc(NC(C)=O)c1. The van der Waals surface area contributed by atoms with Crippen LogP contribution in [0, 0.1) is 0 Å². The first-order valence-corrected chi connectivity index (χ1v) is 12.4. The molecule has 1 unspecified atom stereocenters. The van der Waals surface area contributed by atoms with Crippen LogP contribution in [0.1, 0.15) is 13.3 Å². The molecule has 0 spiro atoms. The van der Waals surface area contributed by atoms with E-state index in [0.29, 0.717) is 17.1 Å². The molecule has 30 heavy (non-hydrogen) atoms. The summed E-state index contributed by atoms with van der Waals surface area (Å²) in [6.45, 7) is 1.37. The monoisotopic (exact) mass is 489 g/mol. The molecule has 2 rings (SSSR count). The number of sulfonamides is 1. The lowest BCUT2D eigenvalue weighted by Crippen LogP contribution is -2.44. The van der Waals surface area contributed by atoms with Gasteiger partial charge in [-0.2, -0.15) is 16.5 Å². The number of amides is 2. The Kier molecular flexibility index (Phi) is 8.99. The van der Waals surface area contributed by atoms with Crippen molar-refractivity contribution in [3.63, 3.8) is 0 Å². The molecule has 0 radical (unpaired) electrons. The molecule has 2 aromatic rings. The second-order valence-corrected chi connectivity index (χ2v) is 9.79. The van der Waals surface area contributed by atoms with E-state index in [4.69, 9.17) is 23.2 Å². The highest BCUT2D eigenvalue weighted by atomic mass is 35.5. The van der Waals surface area contributed by atoms with Crippen LogP contribution in [0.15, 0.2) is 47.4 Å². The summed E-state index contributed by atoms with van der Waals surface area (Å²) in [5.41, 5.74) is 0.924. The van der Waals surface area contributed by atoms with Crippen molar-refractivity contribution in [2.45, 2.75) is 24.3 Å². The van der Waals surface area contributed by atoms with Gasteiger partial charge in [0.1, 0.15) is 10.9 Å². The van der Waals surface area contributed by atoms with Crippen molar-refractivity contribution >= 4 is 68.2 Å². The number of thioether (sulfide) groups is 1. The van der Waals surface area contributed by atoms with Crippen molar-refractivity contribution in [1.29, 1.82) is 0 Å². The van der Waals surface area contributed by atoms with Crippen molar-refractivity contribution < 1.29 is 18.0 Å².